The molecule has 0 atom stereocenters. The number of rotatable bonds is 8. The van der Waals surface area contributed by atoms with E-state index in [4.69, 9.17) is 5.73 Å². The number of hydrogen-bond acceptors (Lipinski definition) is 4. The van der Waals surface area contributed by atoms with E-state index in [1.165, 1.54) is 0 Å². The van der Waals surface area contributed by atoms with Gasteiger partial charge in [-0.1, -0.05) is 27.2 Å². The Balaban J connectivity index is 2.82. The molecule has 110 valence electrons. The van der Waals surface area contributed by atoms with E-state index in [1.54, 1.807) is 4.68 Å². The van der Waals surface area contributed by atoms with Gasteiger partial charge in [0.1, 0.15) is 5.82 Å². The smallest absolute Gasteiger partial charge is 0.147 e. The molecular formula is C14H28N4O. The first-order chi connectivity index (χ1) is 9.03. The third-order valence-corrected chi connectivity index (χ3v) is 4.11. The maximum Gasteiger partial charge on any atom is 0.147 e. The molecule has 0 amide bonds. The SMILES string of the molecule is CCCc1nn(C)c(NCC(CC)(CC)CO)c1N. The molecule has 19 heavy (non-hydrogen) atoms. The summed E-state index contributed by atoms with van der Waals surface area (Å²) in [7, 11) is 1.90. The van der Waals surface area contributed by atoms with Crippen molar-refractivity contribution < 1.29 is 5.11 Å². The minimum absolute atomic E-state index is 0.0817. The molecule has 0 aromatic carbocycles. The predicted octanol–water partition coefficient (Wildman–Crippen LogP) is 2.17. The zero-order chi connectivity index (χ0) is 14.5. The van der Waals surface area contributed by atoms with Gasteiger partial charge in [0.05, 0.1) is 18.0 Å². The number of anilines is 2. The van der Waals surface area contributed by atoms with Crippen LogP contribution < -0.4 is 11.1 Å². The van der Waals surface area contributed by atoms with E-state index >= 15 is 0 Å². The second kappa shape index (κ2) is 6.80. The number of nitrogen functional groups attached to an aromatic ring is 1. The van der Waals surface area contributed by atoms with Gasteiger partial charge in [-0.3, -0.25) is 4.68 Å². The molecule has 1 aromatic rings. The van der Waals surface area contributed by atoms with Crippen LogP contribution in [0.25, 0.3) is 0 Å². The highest BCUT2D eigenvalue weighted by atomic mass is 16.3. The van der Waals surface area contributed by atoms with Crippen molar-refractivity contribution in [2.45, 2.75) is 46.5 Å². The first kappa shape index (κ1) is 15.8. The van der Waals surface area contributed by atoms with Crippen molar-refractivity contribution in [1.82, 2.24) is 9.78 Å². The summed E-state index contributed by atoms with van der Waals surface area (Å²) in [6, 6.07) is 0. The lowest BCUT2D eigenvalue weighted by molar-refractivity contribution is 0.127. The summed E-state index contributed by atoms with van der Waals surface area (Å²) in [6.45, 7) is 7.23. The molecule has 0 aliphatic heterocycles. The number of aromatic nitrogens is 2. The maximum atomic E-state index is 9.59. The molecule has 5 nitrogen and oxygen atoms in total. The topological polar surface area (TPSA) is 76.1 Å². The highest BCUT2D eigenvalue weighted by Crippen LogP contribution is 2.29. The second-order valence-corrected chi connectivity index (χ2v) is 5.30. The first-order valence-corrected chi connectivity index (χ1v) is 7.19. The van der Waals surface area contributed by atoms with Crippen molar-refractivity contribution in [3.63, 3.8) is 0 Å². The van der Waals surface area contributed by atoms with Crippen LogP contribution in [0.2, 0.25) is 0 Å². The summed E-state index contributed by atoms with van der Waals surface area (Å²) in [5.74, 6) is 0.864. The van der Waals surface area contributed by atoms with Crippen LogP contribution in [0.5, 0.6) is 0 Å². The Hall–Kier alpha value is -1.23. The van der Waals surface area contributed by atoms with Gasteiger partial charge in [-0.15, -0.1) is 0 Å². The highest BCUT2D eigenvalue weighted by Gasteiger charge is 2.26. The maximum absolute atomic E-state index is 9.59. The van der Waals surface area contributed by atoms with Crippen LogP contribution in [-0.4, -0.2) is 28.0 Å². The lowest BCUT2D eigenvalue weighted by Crippen LogP contribution is -2.33. The molecule has 1 rings (SSSR count). The quantitative estimate of drug-likeness (QED) is 0.675. The van der Waals surface area contributed by atoms with Crippen molar-refractivity contribution in [3.8, 4) is 0 Å². The van der Waals surface area contributed by atoms with Crippen LogP contribution in [0.15, 0.2) is 0 Å². The molecular weight excluding hydrogens is 240 g/mol. The molecule has 0 fully saturated rings. The van der Waals surface area contributed by atoms with E-state index in [-0.39, 0.29) is 12.0 Å². The Kier molecular flexibility index (Phi) is 5.66. The fraction of sp³-hybridized carbons (Fsp3) is 0.786. The third-order valence-electron chi connectivity index (χ3n) is 4.11. The molecule has 0 aliphatic rings. The third kappa shape index (κ3) is 3.41. The normalized spacial score (nSPS) is 11.8. The Morgan fingerprint density at radius 2 is 1.95 bits per heavy atom. The molecule has 5 heteroatoms. The molecule has 0 spiro atoms. The van der Waals surface area contributed by atoms with E-state index in [2.05, 4.69) is 31.2 Å². The monoisotopic (exact) mass is 268 g/mol. The van der Waals surface area contributed by atoms with Gasteiger partial charge < -0.3 is 16.2 Å². The average Bonchev–Trinajstić information content (AvgIpc) is 2.68. The summed E-state index contributed by atoms with van der Waals surface area (Å²) in [5, 5.41) is 17.4. The minimum atomic E-state index is -0.0817. The predicted molar refractivity (Wildman–Crippen MR) is 80.2 cm³/mol. The second-order valence-electron chi connectivity index (χ2n) is 5.30. The van der Waals surface area contributed by atoms with Crippen LogP contribution in [0, 0.1) is 5.41 Å². The lowest BCUT2D eigenvalue weighted by atomic mass is 9.83. The van der Waals surface area contributed by atoms with Gasteiger partial charge in [0.2, 0.25) is 0 Å². The van der Waals surface area contributed by atoms with Gasteiger partial charge in [-0.2, -0.15) is 5.10 Å². The van der Waals surface area contributed by atoms with Crippen molar-refractivity contribution in [2.24, 2.45) is 12.5 Å². The zero-order valence-electron chi connectivity index (χ0n) is 12.7. The molecule has 1 aromatic heterocycles. The Labute approximate surface area is 116 Å². The Morgan fingerprint density at radius 3 is 2.42 bits per heavy atom. The summed E-state index contributed by atoms with van der Waals surface area (Å²) in [4.78, 5) is 0. The highest BCUT2D eigenvalue weighted by molar-refractivity contribution is 5.65. The first-order valence-electron chi connectivity index (χ1n) is 7.19. The van der Waals surface area contributed by atoms with Crippen LogP contribution in [0.1, 0.15) is 45.7 Å². The van der Waals surface area contributed by atoms with Crippen molar-refractivity contribution >= 4 is 11.5 Å². The number of aliphatic hydroxyl groups is 1. The van der Waals surface area contributed by atoms with Gasteiger partial charge in [-0.25, -0.2) is 0 Å². The summed E-state index contributed by atoms with van der Waals surface area (Å²) < 4.78 is 1.80. The molecule has 0 aliphatic carbocycles. The summed E-state index contributed by atoms with van der Waals surface area (Å²) in [5.41, 5.74) is 7.75. The fourth-order valence-corrected chi connectivity index (χ4v) is 2.28. The average molecular weight is 268 g/mol. The summed E-state index contributed by atoms with van der Waals surface area (Å²) >= 11 is 0. The van der Waals surface area contributed by atoms with E-state index in [1.807, 2.05) is 7.05 Å². The van der Waals surface area contributed by atoms with Gasteiger partial charge in [-0.05, 0) is 19.3 Å². The standard InChI is InChI=1S/C14H28N4O/c1-5-8-11-12(15)13(18(4)17-11)16-9-14(6-2,7-3)10-19/h16,19H,5-10,15H2,1-4H3. The molecule has 0 saturated carbocycles. The van der Waals surface area contributed by atoms with Crippen molar-refractivity contribution in [3.05, 3.63) is 5.69 Å². The van der Waals surface area contributed by atoms with E-state index < -0.39 is 0 Å². The van der Waals surface area contributed by atoms with Gasteiger partial charge in [0, 0.05) is 19.0 Å². The number of nitrogens with zero attached hydrogens (tertiary/aromatic N) is 2. The molecule has 0 bridgehead atoms. The number of nitrogens with two attached hydrogens (primary N) is 1. The van der Waals surface area contributed by atoms with E-state index in [9.17, 15) is 5.11 Å². The van der Waals surface area contributed by atoms with Gasteiger partial charge >= 0.3 is 0 Å². The number of hydrogen-bond donors (Lipinski definition) is 3. The van der Waals surface area contributed by atoms with Crippen molar-refractivity contribution in [2.75, 3.05) is 24.2 Å². The Morgan fingerprint density at radius 1 is 1.32 bits per heavy atom. The molecule has 0 radical (unpaired) electrons. The molecule has 0 unspecified atom stereocenters. The van der Waals surface area contributed by atoms with E-state index in [0.29, 0.717) is 6.54 Å². The largest absolute Gasteiger partial charge is 0.396 e. The van der Waals surface area contributed by atoms with Gasteiger partial charge in [0.15, 0.2) is 0 Å². The summed E-state index contributed by atoms with van der Waals surface area (Å²) in [6.07, 6.45) is 3.80. The van der Waals surface area contributed by atoms with Crippen LogP contribution in [0.3, 0.4) is 0 Å². The van der Waals surface area contributed by atoms with Crippen LogP contribution in [0.4, 0.5) is 11.5 Å². The zero-order valence-corrected chi connectivity index (χ0v) is 12.7. The molecule has 1 heterocycles. The Bertz CT molecular complexity index is 388. The van der Waals surface area contributed by atoms with Crippen LogP contribution in [-0.2, 0) is 13.5 Å². The van der Waals surface area contributed by atoms with Crippen LogP contribution >= 0.6 is 0 Å². The van der Waals surface area contributed by atoms with Gasteiger partial charge in [0.25, 0.3) is 0 Å². The van der Waals surface area contributed by atoms with E-state index in [0.717, 1.165) is 42.9 Å². The number of nitrogens with one attached hydrogen (secondary N) is 1. The fourth-order valence-electron chi connectivity index (χ4n) is 2.28. The lowest BCUT2D eigenvalue weighted by Gasteiger charge is -2.30. The van der Waals surface area contributed by atoms with Crippen molar-refractivity contribution in [1.29, 1.82) is 0 Å². The molecule has 0 saturated heterocycles. The molecule has 4 N–H and O–H groups in total. The number of aryl methyl sites for hydroxylation is 2. The minimum Gasteiger partial charge on any atom is -0.396 e. The number of aliphatic hydroxyl groups excluding tert-OH is 1.